The number of ether oxygens (including phenoxy) is 2. The number of alkyl halides is 9. The molecule has 3 saturated carbocycles. The maximum atomic E-state index is 13.8. The lowest BCUT2D eigenvalue weighted by molar-refractivity contribution is -0.138. The zero-order valence-corrected chi connectivity index (χ0v) is 50.1. The van der Waals surface area contributed by atoms with Crippen molar-refractivity contribution >= 4 is 53.1 Å². The first-order chi connectivity index (χ1) is 38.3. The second-order valence-corrected chi connectivity index (χ2v) is 25.0. The summed E-state index contributed by atoms with van der Waals surface area (Å²) >= 11 is 5.50. The van der Waals surface area contributed by atoms with Gasteiger partial charge in [0, 0.05) is 43.6 Å². The van der Waals surface area contributed by atoms with Crippen molar-refractivity contribution in [3.8, 4) is 5.69 Å². The molecule has 5 N–H and O–H groups in total. The van der Waals surface area contributed by atoms with E-state index in [4.69, 9.17) is 37.0 Å². The number of ketones is 1. The second-order valence-electron chi connectivity index (χ2n) is 24.6. The van der Waals surface area contributed by atoms with Crippen molar-refractivity contribution in [2.45, 2.75) is 187 Å². The molecule has 5 atom stereocenters. The fraction of sp³-hybridized carbons (Fsp3) is 0.590. The number of benzene rings is 3. The van der Waals surface area contributed by atoms with E-state index >= 15 is 0 Å². The summed E-state index contributed by atoms with van der Waals surface area (Å²) in [5.74, 6) is 2.17. The lowest BCUT2D eigenvalue weighted by Gasteiger charge is -2.36. The normalized spacial score (nSPS) is 20.3. The molecule has 0 saturated heterocycles. The second kappa shape index (κ2) is 30.0. The third-order valence-electron chi connectivity index (χ3n) is 16.2. The van der Waals surface area contributed by atoms with Crippen LogP contribution in [0, 0.1) is 45.5 Å². The fourth-order valence-corrected chi connectivity index (χ4v) is 11.6. The van der Waals surface area contributed by atoms with Crippen molar-refractivity contribution in [2.75, 3.05) is 19.5 Å². The topological polar surface area (TPSA) is 199 Å². The molecular weight excluding hydrogens is 1230 g/mol. The number of anilines is 1. The number of hydrazine groups is 2. The van der Waals surface area contributed by atoms with Gasteiger partial charge in [0.15, 0.2) is 5.78 Å². The van der Waals surface area contributed by atoms with E-state index in [2.05, 4.69) is 40.0 Å². The molecular formula is C61H90BClF12N6O9. The molecule has 1 aromatic heterocycles. The predicted octanol–water partition coefficient (Wildman–Crippen LogP) is 15.4. The van der Waals surface area contributed by atoms with Gasteiger partial charge in [-0.25, -0.2) is 43.3 Å². The Kier molecular flexibility index (Phi) is 28.6. The minimum atomic E-state index is -4.73. The number of carbonyl (C=O) groups excluding carboxylic acids is 4. The Balaban J connectivity index is 0. The van der Waals surface area contributed by atoms with Gasteiger partial charge in [0.2, 0.25) is 5.24 Å². The van der Waals surface area contributed by atoms with Gasteiger partial charge < -0.3 is 19.5 Å². The number of hydrogen-bond acceptors (Lipinski definition) is 11. The van der Waals surface area contributed by atoms with Crippen LogP contribution in [0.25, 0.3) is 5.69 Å². The molecule has 29 heteroatoms. The maximum absolute atomic E-state index is 13.8. The highest BCUT2D eigenvalue weighted by molar-refractivity contribution is 6.65. The number of nitrogens with two attached hydrogens (primary N) is 1. The van der Waals surface area contributed by atoms with Crippen molar-refractivity contribution in [2.24, 2.45) is 41.0 Å². The molecule has 512 valence electrons. The molecule has 2 amide bonds. The Bertz CT molecular complexity index is 3210. The van der Waals surface area contributed by atoms with Crippen molar-refractivity contribution in [1.29, 1.82) is 0 Å². The number of carbonyl (C=O) groups is 4. The van der Waals surface area contributed by atoms with E-state index in [9.17, 15) is 76.7 Å². The average Bonchev–Trinajstić information content (AvgIpc) is 1.52. The highest BCUT2D eigenvalue weighted by atomic mass is 35.5. The lowest BCUT2D eigenvalue weighted by Crippen LogP contribution is -2.38. The quantitative estimate of drug-likeness (QED) is 0.0282. The minimum Gasteiger partial charge on any atom is -0.443 e. The predicted molar refractivity (Wildman–Crippen MR) is 325 cm³/mol. The van der Waals surface area contributed by atoms with Crippen LogP contribution in [0.15, 0.2) is 59.4 Å². The molecule has 3 aromatic carbocycles. The summed E-state index contributed by atoms with van der Waals surface area (Å²) in [5.41, 5.74) is -4.30. The van der Waals surface area contributed by atoms with Crippen molar-refractivity contribution in [1.82, 2.24) is 19.4 Å². The average molecular weight is 1330 g/mol. The summed E-state index contributed by atoms with van der Waals surface area (Å²) in [7, 11) is 1.86. The largest absolute Gasteiger partial charge is 0.489 e. The molecule has 4 aliphatic carbocycles. The van der Waals surface area contributed by atoms with Crippen LogP contribution in [0.2, 0.25) is 0 Å². The number of halogens is 13. The third-order valence-corrected chi connectivity index (χ3v) is 16.4. The van der Waals surface area contributed by atoms with Crippen molar-refractivity contribution < 1.29 is 91.4 Å². The Hall–Kier alpha value is -6.26. The van der Waals surface area contributed by atoms with E-state index in [1.807, 2.05) is 6.92 Å². The number of Topliss-reactive ketones (excluding diaryl/α,β-unsaturated/α-hetero) is 1. The monoisotopic (exact) mass is 1320 g/mol. The Morgan fingerprint density at radius 2 is 1.08 bits per heavy atom. The summed E-state index contributed by atoms with van der Waals surface area (Å²) in [4.78, 5) is 58.8. The SMILES string of the molecule is C.C.C.C.C.CC1(C)[C@@H]2CC[C@@]1(C)C(=O)C2C(=O)Cl.CN(N)C(=O)OC(C)(C)C.CN(Nc1cc(F)ccc1C(F)(F)F)C(=O)OC(C)(C)C.Cn1c2c(c(=O)n1-c1cc(F)ccc1C(F)(F)F)[C@H]1CC[C@]2(C)C1(C)C.OB(O)c1cc(F)ccc1C(F)(F)F. The van der Waals surface area contributed by atoms with E-state index in [-0.39, 0.29) is 76.4 Å². The van der Waals surface area contributed by atoms with Gasteiger partial charge in [-0.3, -0.25) is 24.5 Å². The van der Waals surface area contributed by atoms with Gasteiger partial charge in [-0.2, -0.15) is 39.5 Å². The first-order valence-corrected chi connectivity index (χ1v) is 26.6. The summed E-state index contributed by atoms with van der Waals surface area (Å²) in [6.45, 7) is 22.6. The fourth-order valence-electron chi connectivity index (χ4n) is 11.3. The van der Waals surface area contributed by atoms with Gasteiger partial charge in [-0.05, 0) is 155 Å². The van der Waals surface area contributed by atoms with Crippen molar-refractivity contribution in [3.63, 3.8) is 0 Å². The van der Waals surface area contributed by atoms with Gasteiger partial charge in [-0.15, -0.1) is 0 Å². The summed E-state index contributed by atoms with van der Waals surface area (Å²) in [6.07, 6.45) is -11.9. The van der Waals surface area contributed by atoms with E-state index in [0.717, 1.165) is 58.2 Å². The smallest absolute Gasteiger partial charge is 0.443 e. The molecule has 15 nitrogen and oxygen atoms in total. The molecule has 1 heterocycles. The molecule has 4 bridgehead atoms. The molecule has 0 aliphatic heterocycles. The van der Waals surface area contributed by atoms with Gasteiger partial charge in [0.05, 0.1) is 39.7 Å². The number of hydrogen-bond donors (Lipinski definition) is 4. The number of fused-ring (bicyclic) bond motifs is 7. The summed E-state index contributed by atoms with van der Waals surface area (Å²) in [6, 6.07) is 5.70. The third kappa shape index (κ3) is 18.3. The molecule has 4 aromatic rings. The maximum Gasteiger partial charge on any atom is 0.489 e. The lowest BCUT2D eigenvalue weighted by atomic mass is 9.70. The van der Waals surface area contributed by atoms with E-state index in [0.29, 0.717) is 48.0 Å². The first-order valence-electron chi connectivity index (χ1n) is 26.3. The van der Waals surface area contributed by atoms with Crippen LogP contribution in [-0.2, 0) is 50.1 Å². The Labute approximate surface area is 525 Å². The number of amides is 2. The van der Waals surface area contributed by atoms with Crippen LogP contribution in [0.4, 0.5) is 68.0 Å². The molecule has 1 unspecified atom stereocenters. The molecule has 4 aliphatic rings. The molecule has 8 rings (SSSR count). The molecule has 0 spiro atoms. The molecule has 0 radical (unpaired) electrons. The Morgan fingerprint density at radius 1 is 0.656 bits per heavy atom. The highest BCUT2D eigenvalue weighted by Crippen LogP contribution is 2.67. The van der Waals surface area contributed by atoms with Gasteiger partial charge in [0.25, 0.3) is 5.56 Å². The number of nitrogens with one attached hydrogen (secondary N) is 1. The van der Waals surface area contributed by atoms with Crippen LogP contribution in [-0.4, -0.2) is 85.1 Å². The van der Waals surface area contributed by atoms with Gasteiger partial charge in [0.1, 0.15) is 28.7 Å². The van der Waals surface area contributed by atoms with Crippen LogP contribution in [0.1, 0.15) is 180 Å². The van der Waals surface area contributed by atoms with Crippen LogP contribution in [0.3, 0.4) is 0 Å². The Morgan fingerprint density at radius 3 is 1.46 bits per heavy atom. The zero-order valence-electron chi connectivity index (χ0n) is 49.4. The van der Waals surface area contributed by atoms with Crippen LogP contribution >= 0.6 is 11.6 Å². The van der Waals surface area contributed by atoms with E-state index in [1.165, 1.54) is 18.8 Å². The number of rotatable bonds is 5. The molecule has 90 heavy (non-hydrogen) atoms. The van der Waals surface area contributed by atoms with Gasteiger partial charge >= 0.3 is 37.8 Å². The summed E-state index contributed by atoms with van der Waals surface area (Å²) < 4.78 is 167. The van der Waals surface area contributed by atoms with Crippen molar-refractivity contribution in [3.05, 3.63) is 110 Å². The standard InChI is InChI=1S/C19H20F4N2O.C13H16F4N2O2.C11H15ClO2.C7H5BF4O2.C6H14N2O2.5CH4/c1-17(2)12-7-8-18(17,3)15-14(12)16(26)25(24(15)4)13-9-10(20)5-6-11(13)19(21,22)23;1-12(2,3)21-11(20)19(4)18-10-7-8(14)5-6-9(10)13(15,16)17;1-10(2)6-4-5-11(10,3)8(13)7(6)9(12)14;9-4-1-2-5(7(10,11)12)6(3-4)8(13)14;1-6(2,3)10-5(9)8(4)7;;;;;/h5-6,9,12H,7-8H2,1-4H3;5-7,18H,1-4H3;6-7H,4-5H2,1-3H3;1-3,13-14H;7H2,1-4H3;5*1H4/t12-,18+;;6-,7?,11+;;;;;;;/m1.1......./s1. The number of nitrogens with zero attached hydrogens (tertiary/aromatic N) is 4. The van der Waals surface area contributed by atoms with Gasteiger partial charge in [-0.1, -0.05) is 78.7 Å². The zero-order chi connectivity index (χ0) is 65.7. The van der Waals surface area contributed by atoms with E-state index in [1.54, 1.807) is 48.6 Å². The summed E-state index contributed by atoms with van der Waals surface area (Å²) in [5, 5.41) is 18.3. The highest BCUT2D eigenvalue weighted by Gasteiger charge is 2.68. The molecule has 3 fully saturated rings. The first kappa shape index (κ1) is 85.8. The minimum absolute atomic E-state index is 0. The van der Waals surface area contributed by atoms with Crippen LogP contribution in [0.5, 0.6) is 0 Å². The van der Waals surface area contributed by atoms with Crippen LogP contribution < -0.4 is 22.3 Å². The number of aromatic nitrogens is 2. The van der Waals surface area contributed by atoms with E-state index < -0.39 is 117 Å².